The maximum absolute atomic E-state index is 10.7. The molecular formula is C21H34N2O2S. The van der Waals surface area contributed by atoms with Crippen molar-refractivity contribution in [3.8, 4) is 0 Å². The number of aliphatic hydroxyl groups is 2. The first-order valence-corrected chi connectivity index (χ1v) is 11.1. The van der Waals surface area contributed by atoms with E-state index in [1.807, 2.05) is 25.1 Å². The molecule has 0 aromatic heterocycles. The van der Waals surface area contributed by atoms with Crippen LogP contribution in [-0.4, -0.2) is 58.2 Å². The number of nitrogens with zero attached hydrogens (tertiary/aromatic N) is 1. The quantitative estimate of drug-likeness (QED) is 0.637. The molecule has 3 rings (SSSR count). The van der Waals surface area contributed by atoms with Gasteiger partial charge in [-0.2, -0.15) is 0 Å². The molecule has 0 bridgehead atoms. The molecule has 1 heterocycles. The summed E-state index contributed by atoms with van der Waals surface area (Å²) in [6.07, 6.45) is 5.38. The van der Waals surface area contributed by atoms with Gasteiger partial charge in [-0.3, -0.25) is 4.90 Å². The summed E-state index contributed by atoms with van der Waals surface area (Å²) in [5, 5.41) is 21.0. The third kappa shape index (κ3) is 5.23. The lowest BCUT2D eigenvalue weighted by Gasteiger charge is -2.48. The normalized spacial score (nSPS) is 30.4. The van der Waals surface area contributed by atoms with Crippen LogP contribution in [0.5, 0.6) is 0 Å². The Morgan fingerprint density at radius 1 is 1.15 bits per heavy atom. The monoisotopic (exact) mass is 378 g/mol. The standard InChI is InChI=1S/C21H34N2O2S/c1-15(24)20-11-16-7-5-6-8-17(16)12-23(20)13-21(25)19(22)14-26-18-9-3-2-4-10-18/h2-4,9-10,15-17,19-21,24-25H,5-8,11-14,22H2,1H3. The fourth-order valence-corrected chi connectivity index (χ4v) is 5.60. The zero-order valence-corrected chi connectivity index (χ0v) is 16.7. The van der Waals surface area contributed by atoms with E-state index in [2.05, 4.69) is 17.0 Å². The number of aliphatic hydroxyl groups excluding tert-OH is 2. The van der Waals surface area contributed by atoms with Crippen LogP contribution in [0.2, 0.25) is 0 Å². The maximum atomic E-state index is 10.7. The average molecular weight is 379 g/mol. The van der Waals surface area contributed by atoms with Crippen LogP contribution >= 0.6 is 11.8 Å². The third-order valence-corrected chi connectivity index (χ3v) is 7.36. The molecule has 2 aliphatic rings. The number of hydrogen-bond acceptors (Lipinski definition) is 5. The van der Waals surface area contributed by atoms with Gasteiger partial charge in [-0.1, -0.05) is 37.5 Å². The van der Waals surface area contributed by atoms with Crippen LogP contribution < -0.4 is 5.73 Å². The van der Waals surface area contributed by atoms with Crippen molar-refractivity contribution in [2.24, 2.45) is 17.6 Å². The molecule has 6 unspecified atom stereocenters. The summed E-state index contributed by atoms with van der Waals surface area (Å²) in [5.41, 5.74) is 6.28. The second kappa shape index (κ2) is 9.56. The fourth-order valence-electron chi connectivity index (χ4n) is 4.64. The summed E-state index contributed by atoms with van der Waals surface area (Å²) < 4.78 is 0. The number of piperidine rings is 1. The zero-order chi connectivity index (χ0) is 18.5. The van der Waals surface area contributed by atoms with E-state index in [1.165, 1.54) is 30.6 Å². The second-order valence-corrected chi connectivity index (χ2v) is 9.25. The molecule has 4 nitrogen and oxygen atoms in total. The minimum absolute atomic E-state index is 0.151. The van der Waals surface area contributed by atoms with Crippen molar-refractivity contribution in [2.75, 3.05) is 18.8 Å². The molecule has 4 N–H and O–H groups in total. The van der Waals surface area contributed by atoms with E-state index < -0.39 is 6.10 Å². The number of thioether (sulfide) groups is 1. The number of benzene rings is 1. The van der Waals surface area contributed by atoms with Crippen LogP contribution in [0.25, 0.3) is 0 Å². The Balaban J connectivity index is 1.54. The molecule has 5 heteroatoms. The SMILES string of the molecule is CC(O)C1CC2CCCCC2CN1CC(O)C(N)CSc1ccccc1. The van der Waals surface area contributed by atoms with E-state index in [0.29, 0.717) is 12.3 Å². The van der Waals surface area contributed by atoms with Crippen molar-refractivity contribution in [3.05, 3.63) is 30.3 Å². The van der Waals surface area contributed by atoms with Gasteiger partial charge in [-0.15, -0.1) is 11.8 Å². The predicted molar refractivity (Wildman–Crippen MR) is 108 cm³/mol. The summed E-state index contributed by atoms with van der Waals surface area (Å²) in [4.78, 5) is 3.49. The van der Waals surface area contributed by atoms with Crippen LogP contribution in [0.15, 0.2) is 35.2 Å². The molecule has 1 aliphatic heterocycles. The molecule has 1 saturated carbocycles. The van der Waals surface area contributed by atoms with Crippen molar-refractivity contribution in [1.29, 1.82) is 0 Å². The summed E-state index contributed by atoms with van der Waals surface area (Å²) in [5.74, 6) is 2.17. The minimum Gasteiger partial charge on any atom is -0.392 e. The van der Waals surface area contributed by atoms with Crippen molar-refractivity contribution < 1.29 is 10.2 Å². The number of rotatable bonds is 7. The highest BCUT2D eigenvalue weighted by atomic mass is 32.2. The molecule has 26 heavy (non-hydrogen) atoms. The van der Waals surface area contributed by atoms with Gasteiger partial charge in [0.25, 0.3) is 0 Å². The Kier molecular flexibility index (Phi) is 7.41. The lowest BCUT2D eigenvalue weighted by atomic mass is 9.72. The number of fused-ring (bicyclic) bond motifs is 1. The number of nitrogens with two attached hydrogens (primary N) is 1. The Morgan fingerprint density at radius 2 is 1.85 bits per heavy atom. The minimum atomic E-state index is -0.562. The van der Waals surface area contributed by atoms with Gasteiger partial charge in [-0.05, 0) is 43.7 Å². The Morgan fingerprint density at radius 3 is 2.54 bits per heavy atom. The lowest BCUT2D eigenvalue weighted by molar-refractivity contribution is -0.0405. The van der Waals surface area contributed by atoms with Gasteiger partial charge in [0, 0.05) is 35.8 Å². The van der Waals surface area contributed by atoms with E-state index in [-0.39, 0.29) is 18.2 Å². The molecule has 2 fully saturated rings. The zero-order valence-electron chi connectivity index (χ0n) is 15.8. The first kappa shape index (κ1) is 20.2. The predicted octanol–water partition coefficient (Wildman–Crippen LogP) is 2.73. The summed E-state index contributed by atoms with van der Waals surface area (Å²) in [6, 6.07) is 10.1. The number of β-amino-alcohol motifs (C(OH)–C–C–N with tert-alkyl or cyclic N) is 1. The van der Waals surface area contributed by atoms with E-state index >= 15 is 0 Å². The van der Waals surface area contributed by atoms with Crippen LogP contribution in [0.1, 0.15) is 39.0 Å². The molecule has 6 atom stereocenters. The molecular weight excluding hydrogens is 344 g/mol. The van der Waals surface area contributed by atoms with Crippen LogP contribution in [-0.2, 0) is 0 Å². The summed E-state index contributed by atoms with van der Waals surface area (Å²) >= 11 is 1.69. The van der Waals surface area contributed by atoms with Gasteiger partial charge in [0.05, 0.1) is 12.2 Å². The number of likely N-dealkylation sites (tertiary alicyclic amines) is 1. The molecule has 1 aromatic rings. The highest BCUT2D eigenvalue weighted by Gasteiger charge is 2.39. The summed E-state index contributed by atoms with van der Waals surface area (Å²) in [7, 11) is 0. The highest BCUT2D eigenvalue weighted by molar-refractivity contribution is 7.99. The third-order valence-electron chi connectivity index (χ3n) is 6.21. The average Bonchev–Trinajstić information content (AvgIpc) is 2.66. The van der Waals surface area contributed by atoms with Crippen molar-refractivity contribution >= 4 is 11.8 Å². The maximum Gasteiger partial charge on any atom is 0.0826 e. The summed E-state index contributed by atoms with van der Waals surface area (Å²) in [6.45, 7) is 3.45. The van der Waals surface area contributed by atoms with Gasteiger partial charge >= 0.3 is 0 Å². The molecule has 146 valence electrons. The van der Waals surface area contributed by atoms with Crippen LogP contribution in [0.3, 0.4) is 0 Å². The van der Waals surface area contributed by atoms with Gasteiger partial charge in [-0.25, -0.2) is 0 Å². The van der Waals surface area contributed by atoms with Crippen molar-refractivity contribution in [3.63, 3.8) is 0 Å². The molecule has 0 amide bonds. The van der Waals surface area contributed by atoms with Crippen LogP contribution in [0, 0.1) is 11.8 Å². The molecule has 1 saturated heterocycles. The fraction of sp³-hybridized carbons (Fsp3) is 0.714. The van der Waals surface area contributed by atoms with Gasteiger partial charge in [0.1, 0.15) is 0 Å². The number of hydrogen-bond donors (Lipinski definition) is 3. The Bertz CT molecular complexity index is 542. The van der Waals surface area contributed by atoms with Gasteiger partial charge in [0.15, 0.2) is 0 Å². The first-order chi connectivity index (χ1) is 12.5. The molecule has 1 aliphatic carbocycles. The first-order valence-electron chi connectivity index (χ1n) is 10.1. The van der Waals surface area contributed by atoms with E-state index in [9.17, 15) is 10.2 Å². The largest absolute Gasteiger partial charge is 0.392 e. The molecule has 0 spiro atoms. The second-order valence-electron chi connectivity index (χ2n) is 8.16. The topological polar surface area (TPSA) is 69.7 Å². The van der Waals surface area contributed by atoms with E-state index in [4.69, 9.17) is 5.73 Å². The van der Waals surface area contributed by atoms with E-state index in [0.717, 1.165) is 24.8 Å². The van der Waals surface area contributed by atoms with Gasteiger partial charge < -0.3 is 15.9 Å². The lowest BCUT2D eigenvalue weighted by Crippen LogP contribution is -2.56. The van der Waals surface area contributed by atoms with Gasteiger partial charge in [0.2, 0.25) is 0 Å². The van der Waals surface area contributed by atoms with Crippen LogP contribution in [0.4, 0.5) is 0 Å². The van der Waals surface area contributed by atoms with E-state index in [1.54, 1.807) is 11.8 Å². The molecule has 1 aromatic carbocycles. The van der Waals surface area contributed by atoms with Crippen molar-refractivity contribution in [1.82, 2.24) is 4.90 Å². The smallest absolute Gasteiger partial charge is 0.0826 e. The Hall–Kier alpha value is -0.590. The Labute approximate surface area is 162 Å². The molecule has 0 radical (unpaired) electrons. The highest BCUT2D eigenvalue weighted by Crippen LogP contribution is 2.39. The van der Waals surface area contributed by atoms with Crippen molar-refractivity contribution in [2.45, 2.75) is 68.2 Å².